The van der Waals surface area contributed by atoms with Gasteiger partial charge in [0, 0.05) is 29.7 Å². The van der Waals surface area contributed by atoms with E-state index in [1.54, 1.807) is 18.0 Å². The molecule has 3 heterocycles. The van der Waals surface area contributed by atoms with Crippen molar-refractivity contribution >= 4 is 23.4 Å². The van der Waals surface area contributed by atoms with Crippen LogP contribution in [0.2, 0.25) is 0 Å². The molecule has 3 rings (SSSR count). The summed E-state index contributed by atoms with van der Waals surface area (Å²) >= 11 is 1.63. The highest BCUT2D eigenvalue weighted by Gasteiger charge is 2.38. The van der Waals surface area contributed by atoms with E-state index in [1.807, 2.05) is 31.1 Å². The van der Waals surface area contributed by atoms with Gasteiger partial charge in [0.1, 0.15) is 5.82 Å². The number of carbonyl (C=O) groups is 1. The number of nitrogens with zero attached hydrogens (tertiary/aromatic N) is 3. The lowest BCUT2D eigenvalue weighted by atomic mass is 9.88. The number of hydrogen-bond acceptors (Lipinski definition) is 5. The third kappa shape index (κ3) is 2.35. The highest BCUT2D eigenvalue weighted by molar-refractivity contribution is 7.99. The lowest BCUT2D eigenvalue weighted by molar-refractivity contribution is -0.132. The van der Waals surface area contributed by atoms with Gasteiger partial charge in [-0.3, -0.25) is 19.8 Å². The minimum Gasteiger partial charge on any atom is -0.341 e. The summed E-state index contributed by atoms with van der Waals surface area (Å²) < 4.78 is 0. The van der Waals surface area contributed by atoms with Crippen LogP contribution < -0.4 is 5.32 Å². The van der Waals surface area contributed by atoms with Crippen LogP contribution in [0.25, 0.3) is 0 Å². The average molecular weight is 305 g/mol. The lowest BCUT2D eigenvalue weighted by Gasteiger charge is -2.39. The Morgan fingerprint density at radius 1 is 1.52 bits per heavy atom. The summed E-state index contributed by atoms with van der Waals surface area (Å²) in [4.78, 5) is 19.2. The van der Waals surface area contributed by atoms with E-state index in [4.69, 9.17) is 0 Å². The zero-order valence-corrected chi connectivity index (χ0v) is 13.2. The van der Waals surface area contributed by atoms with Gasteiger partial charge in [0.15, 0.2) is 5.50 Å². The van der Waals surface area contributed by atoms with Gasteiger partial charge in [-0.05, 0) is 32.6 Å². The third-order valence-corrected chi connectivity index (χ3v) is 4.64. The molecule has 112 valence electrons. The number of likely N-dealkylation sites (N-methyl/N-ethyl adjacent to an activating group) is 1. The maximum Gasteiger partial charge on any atom is 0.237 e. The van der Waals surface area contributed by atoms with Gasteiger partial charge in [-0.1, -0.05) is 0 Å². The quantitative estimate of drug-likeness (QED) is 0.891. The van der Waals surface area contributed by atoms with Crippen LogP contribution in [0.15, 0.2) is 28.6 Å². The summed E-state index contributed by atoms with van der Waals surface area (Å²) in [7, 11) is 0. The fourth-order valence-corrected chi connectivity index (χ4v) is 3.36. The molecule has 1 amide bonds. The van der Waals surface area contributed by atoms with Gasteiger partial charge in [0.05, 0.1) is 5.92 Å². The lowest BCUT2D eigenvalue weighted by Crippen LogP contribution is -2.48. The molecule has 6 nitrogen and oxygen atoms in total. The number of H-pyrrole nitrogens is 1. The van der Waals surface area contributed by atoms with Crippen LogP contribution in [0, 0.1) is 0 Å². The number of thioether (sulfide) groups is 1. The van der Waals surface area contributed by atoms with E-state index >= 15 is 0 Å². The van der Waals surface area contributed by atoms with E-state index in [1.165, 1.54) is 0 Å². The van der Waals surface area contributed by atoms with Gasteiger partial charge in [0.2, 0.25) is 5.91 Å². The van der Waals surface area contributed by atoms with Crippen molar-refractivity contribution in [3.8, 4) is 0 Å². The normalized spacial score (nSPS) is 25.6. The minimum atomic E-state index is -0.205. The molecule has 0 aliphatic carbocycles. The van der Waals surface area contributed by atoms with E-state index < -0.39 is 0 Å². The van der Waals surface area contributed by atoms with Crippen molar-refractivity contribution in [2.75, 3.05) is 12.8 Å². The molecule has 0 saturated carbocycles. The Kier molecular flexibility index (Phi) is 3.75. The Hall–Kier alpha value is -1.76. The molecule has 0 radical (unpaired) electrons. The standard InChI is InChI=1S/C14H19N5OS/c1-4-19-12-9(8(2)16-14(17-12)21-3)7-10(13(19)20)11-5-6-15-18-11/h5-6,10,14,17H,4,7H2,1-3H3,(H,15,18). The molecule has 2 unspecified atom stereocenters. The van der Waals surface area contributed by atoms with Crippen molar-refractivity contribution in [3.63, 3.8) is 0 Å². The first-order valence-electron chi connectivity index (χ1n) is 7.03. The van der Waals surface area contributed by atoms with Crippen LogP contribution in [-0.4, -0.2) is 45.0 Å². The molecule has 0 spiro atoms. The van der Waals surface area contributed by atoms with Gasteiger partial charge < -0.3 is 5.32 Å². The predicted octanol–water partition coefficient (Wildman–Crippen LogP) is 1.67. The summed E-state index contributed by atoms with van der Waals surface area (Å²) in [5.74, 6) is 0.830. The number of allylic oxidation sites excluding steroid dienone is 1. The predicted molar refractivity (Wildman–Crippen MR) is 83.9 cm³/mol. The van der Waals surface area contributed by atoms with Gasteiger partial charge in [-0.15, -0.1) is 11.8 Å². The average Bonchev–Trinajstić information content (AvgIpc) is 3.00. The van der Waals surface area contributed by atoms with Crippen LogP contribution in [-0.2, 0) is 4.79 Å². The molecule has 21 heavy (non-hydrogen) atoms. The topological polar surface area (TPSA) is 73.4 Å². The molecular weight excluding hydrogens is 286 g/mol. The number of carbonyl (C=O) groups excluding carboxylic acids is 1. The number of amides is 1. The summed E-state index contributed by atoms with van der Waals surface area (Å²) in [6.07, 6.45) is 4.36. The zero-order chi connectivity index (χ0) is 15.0. The molecule has 2 N–H and O–H groups in total. The van der Waals surface area contributed by atoms with Crippen LogP contribution >= 0.6 is 11.8 Å². The second kappa shape index (κ2) is 5.55. The molecule has 2 aliphatic heterocycles. The molecule has 7 heteroatoms. The van der Waals surface area contributed by atoms with Crippen molar-refractivity contribution < 1.29 is 4.79 Å². The summed E-state index contributed by atoms with van der Waals surface area (Å²) in [5.41, 5.74) is 2.99. The number of rotatable bonds is 3. The number of aromatic nitrogens is 2. The smallest absolute Gasteiger partial charge is 0.237 e. The maximum atomic E-state index is 12.8. The van der Waals surface area contributed by atoms with Crippen molar-refractivity contribution in [3.05, 3.63) is 29.4 Å². The fourth-order valence-electron chi connectivity index (χ4n) is 2.87. The largest absolute Gasteiger partial charge is 0.341 e. The van der Waals surface area contributed by atoms with Gasteiger partial charge in [-0.2, -0.15) is 5.10 Å². The highest BCUT2D eigenvalue weighted by Crippen LogP contribution is 2.35. The number of aliphatic imine (C=N–C) groups is 1. The summed E-state index contributed by atoms with van der Waals surface area (Å²) in [6, 6.07) is 1.87. The van der Waals surface area contributed by atoms with Crippen LogP contribution in [0.1, 0.15) is 31.9 Å². The third-order valence-electron chi connectivity index (χ3n) is 3.97. The van der Waals surface area contributed by atoms with E-state index in [2.05, 4.69) is 20.5 Å². The summed E-state index contributed by atoms with van der Waals surface area (Å²) in [6.45, 7) is 4.66. The molecule has 0 saturated heterocycles. The molecule has 2 atom stereocenters. The molecular formula is C14H19N5OS. The van der Waals surface area contributed by atoms with Gasteiger partial charge >= 0.3 is 0 Å². The van der Waals surface area contributed by atoms with Crippen molar-refractivity contribution in [2.45, 2.75) is 31.7 Å². The Labute approximate surface area is 128 Å². The van der Waals surface area contributed by atoms with E-state index in [9.17, 15) is 4.79 Å². The van der Waals surface area contributed by atoms with E-state index in [-0.39, 0.29) is 17.3 Å². The number of hydrogen-bond donors (Lipinski definition) is 2. The first-order valence-corrected chi connectivity index (χ1v) is 8.32. The second-order valence-electron chi connectivity index (χ2n) is 5.13. The fraction of sp³-hybridized carbons (Fsp3) is 0.500. The van der Waals surface area contributed by atoms with Crippen LogP contribution in [0.5, 0.6) is 0 Å². The molecule has 1 aromatic rings. The summed E-state index contributed by atoms with van der Waals surface area (Å²) in [5, 5.41) is 10.3. The van der Waals surface area contributed by atoms with E-state index in [0.29, 0.717) is 13.0 Å². The second-order valence-corrected chi connectivity index (χ2v) is 6.04. The van der Waals surface area contributed by atoms with Gasteiger partial charge in [-0.25, -0.2) is 0 Å². The SMILES string of the molecule is CCN1C(=O)C(c2ccn[nH]2)CC2=C1NC(SC)N=C2C. The Morgan fingerprint density at radius 2 is 2.33 bits per heavy atom. The Morgan fingerprint density at radius 3 is 2.95 bits per heavy atom. The van der Waals surface area contributed by atoms with Crippen LogP contribution in [0.3, 0.4) is 0 Å². The molecule has 0 bridgehead atoms. The minimum absolute atomic E-state index is 0.0192. The Bertz CT molecular complexity index is 607. The zero-order valence-electron chi connectivity index (χ0n) is 12.4. The molecule has 1 aromatic heterocycles. The maximum absolute atomic E-state index is 12.8. The number of aromatic amines is 1. The Balaban J connectivity index is 2.01. The monoisotopic (exact) mass is 305 g/mol. The molecule has 0 fully saturated rings. The van der Waals surface area contributed by atoms with Gasteiger partial charge in [0.25, 0.3) is 0 Å². The highest BCUT2D eigenvalue weighted by atomic mass is 32.2. The van der Waals surface area contributed by atoms with Crippen LogP contribution in [0.4, 0.5) is 0 Å². The number of nitrogens with one attached hydrogen (secondary N) is 2. The first-order chi connectivity index (χ1) is 10.2. The first kappa shape index (κ1) is 14.2. The molecule has 2 aliphatic rings. The molecule has 0 aromatic carbocycles. The van der Waals surface area contributed by atoms with Crippen molar-refractivity contribution in [2.24, 2.45) is 4.99 Å². The van der Waals surface area contributed by atoms with Crippen molar-refractivity contribution in [1.82, 2.24) is 20.4 Å². The van der Waals surface area contributed by atoms with E-state index in [0.717, 1.165) is 22.8 Å². The van der Waals surface area contributed by atoms with Crippen molar-refractivity contribution in [1.29, 1.82) is 0 Å².